The van der Waals surface area contributed by atoms with Gasteiger partial charge in [-0.2, -0.15) is 0 Å². The van der Waals surface area contributed by atoms with Crippen LogP contribution in [0.1, 0.15) is 87.5 Å². The number of aromatic carboxylic acids is 1. The third kappa shape index (κ3) is 12.5. The summed E-state index contributed by atoms with van der Waals surface area (Å²) in [6, 6.07) is 44.6. The van der Waals surface area contributed by atoms with E-state index in [9.17, 15) is 9.90 Å². The first-order chi connectivity index (χ1) is 32.3. The first-order valence-corrected chi connectivity index (χ1v) is 22.8. The fraction of sp³-hybridized carbons (Fsp3) is 0.259. The monoisotopic (exact) mass is 899 g/mol. The molecule has 0 radical (unpaired) electrons. The van der Waals surface area contributed by atoms with Crippen molar-refractivity contribution in [3.05, 3.63) is 220 Å². The van der Waals surface area contributed by atoms with Crippen molar-refractivity contribution in [2.24, 2.45) is 0 Å². The minimum atomic E-state index is -1.00. The van der Waals surface area contributed by atoms with E-state index in [0.29, 0.717) is 62.9 Å². The molecule has 1 amide bonds. The molecule has 11 nitrogen and oxygen atoms in total. The molecule has 4 heterocycles. The summed E-state index contributed by atoms with van der Waals surface area (Å²) in [4.78, 5) is 52.2. The smallest absolute Gasteiger partial charge is 0.335 e. The van der Waals surface area contributed by atoms with E-state index in [0.717, 1.165) is 64.3 Å². The second-order valence-electron chi connectivity index (χ2n) is 17.0. The summed E-state index contributed by atoms with van der Waals surface area (Å²) in [7, 11) is 0. The van der Waals surface area contributed by atoms with Crippen LogP contribution in [0.25, 0.3) is 0 Å². The molecule has 0 spiro atoms. The van der Waals surface area contributed by atoms with Crippen molar-refractivity contribution in [1.29, 1.82) is 0 Å². The topological polar surface area (TPSA) is 125 Å². The van der Waals surface area contributed by atoms with Gasteiger partial charge in [-0.05, 0) is 120 Å². The summed E-state index contributed by atoms with van der Waals surface area (Å²) in [5.41, 5.74) is 6.98. The fourth-order valence-corrected chi connectivity index (χ4v) is 9.01. The lowest BCUT2D eigenvalue weighted by Gasteiger charge is -2.40. The normalized spacial score (nSPS) is 13.4. The molecule has 0 atom stereocenters. The number of hydrogen-bond acceptors (Lipinski definition) is 9. The van der Waals surface area contributed by atoms with Crippen molar-refractivity contribution in [2.75, 3.05) is 6.73 Å². The van der Waals surface area contributed by atoms with Gasteiger partial charge in [0.25, 0.3) is 0 Å². The van der Waals surface area contributed by atoms with Crippen LogP contribution in [-0.2, 0) is 56.0 Å². The molecule has 3 aromatic carbocycles. The number of carboxylic acids is 1. The number of ether oxygens (including phenoxy) is 1. The van der Waals surface area contributed by atoms with Gasteiger partial charge in [0.05, 0.1) is 33.8 Å². The number of hydrogen-bond donors (Lipinski definition) is 1. The molecule has 0 bridgehead atoms. The molecule has 12 heteroatoms. The molecule has 1 aliphatic carbocycles. The van der Waals surface area contributed by atoms with Crippen molar-refractivity contribution < 1.29 is 19.4 Å². The Labute approximate surface area is 391 Å². The average molecular weight is 901 g/mol. The second-order valence-corrected chi connectivity index (χ2v) is 17.4. The van der Waals surface area contributed by atoms with Crippen molar-refractivity contribution in [3.63, 3.8) is 0 Å². The highest BCUT2D eigenvalue weighted by Crippen LogP contribution is 2.42. The lowest BCUT2D eigenvalue weighted by Crippen LogP contribution is -2.49. The number of rotatable bonds is 20. The Kier molecular flexibility index (Phi) is 15.5. The number of pyridine rings is 4. The maximum Gasteiger partial charge on any atom is 0.335 e. The van der Waals surface area contributed by atoms with Crippen LogP contribution in [0, 0.1) is 0 Å². The van der Waals surface area contributed by atoms with Crippen LogP contribution in [0.3, 0.4) is 0 Å². The van der Waals surface area contributed by atoms with Crippen LogP contribution in [0.15, 0.2) is 164 Å². The Balaban J connectivity index is 1.15. The number of benzene rings is 3. The highest BCUT2D eigenvalue weighted by Gasteiger charge is 2.43. The van der Waals surface area contributed by atoms with Gasteiger partial charge in [0, 0.05) is 75.6 Å². The summed E-state index contributed by atoms with van der Waals surface area (Å²) in [6.07, 6.45) is 11.6. The molecule has 0 saturated heterocycles. The minimum absolute atomic E-state index is 0.0305. The molecule has 1 N–H and O–H groups in total. The third-order valence-electron chi connectivity index (χ3n) is 12.0. The Morgan fingerprint density at radius 1 is 0.545 bits per heavy atom. The van der Waals surface area contributed by atoms with Gasteiger partial charge < -0.3 is 14.7 Å². The summed E-state index contributed by atoms with van der Waals surface area (Å²) in [5.74, 6) is -0.413. The lowest BCUT2D eigenvalue weighted by molar-refractivity contribution is -0.142. The van der Waals surface area contributed by atoms with E-state index < -0.39 is 11.4 Å². The Morgan fingerprint density at radius 3 is 1.44 bits per heavy atom. The average Bonchev–Trinajstić information content (AvgIpc) is 3.34. The number of aromatic nitrogens is 4. The van der Waals surface area contributed by atoms with Crippen LogP contribution in [-0.4, -0.2) is 58.3 Å². The minimum Gasteiger partial charge on any atom is -0.478 e. The maximum atomic E-state index is 15.3. The van der Waals surface area contributed by atoms with Crippen molar-refractivity contribution in [1.82, 2.24) is 34.6 Å². The molecule has 0 aliphatic heterocycles. The lowest BCUT2D eigenvalue weighted by atomic mass is 9.68. The van der Waals surface area contributed by atoms with Crippen LogP contribution < -0.4 is 4.74 Å². The molecule has 1 saturated carbocycles. The van der Waals surface area contributed by atoms with Gasteiger partial charge in [-0.15, -0.1) is 0 Å². The number of nitrogens with zero attached hydrogens (tertiary/aromatic N) is 7. The predicted molar refractivity (Wildman–Crippen MR) is 255 cm³/mol. The quantitative estimate of drug-likeness (QED) is 0.0740. The number of halogens is 1. The zero-order valence-electron chi connectivity index (χ0n) is 37.0. The van der Waals surface area contributed by atoms with Crippen LogP contribution in [0.4, 0.5) is 0 Å². The molecule has 1 fully saturated rings. The van der Waals surface area contributed by atoms with Gasteiger partial charge in [0.2, 0.25) is 5.91 Å². The summed E-state index contributed by atoms with van der Waals surface area (Å²) in [6.45, 7) is 3.71. The van der Waals surface area contributed by atoms with Gasteiger partial charge in [0.15, 0.2) is 6.73 Å². The number of carbonyl (C=O) groups is 2. The van der Waals surface area contributed by atoms with E-state index in [1.165, 1.54) is 0 Å². The van der Waals surface area contributed by atoms with Gasteiger partial charge in [-0.25, -0.2) is 4.79 Å². The molecule has 66 heavy (non-hydrogen) atoms. The van der Waals surface area contributed by atoms with Gasteiger partial charge in [-0.3, -0.25) is 34.5 Å². The van der Waals surface area contributed by atoms with E-state index >= 15 is 4.79 Å². The SMILES string of the molecule is O=C(O)c1ccc(CN(COc2cc(CN(Cc3ccccn3)Cc3ccccn3)cc(CN(Cc3ccccn3)Cc3ccccn3)c2)C(=O)C2(c3ccc(Cl)cc3)CCCCC2)cc1. The van der Waals surface area contributed by atoms with E-state index in [4.69, 9.17) is 16.3 Å². The zero-order valence-corrected chi connectivity index (χ0v) is 37.7. The molecule has 1 aliphatic rings. The molecule has 0 unspecified atom stereocenters. The maximum absolute atomic E-state index is 15.3. The molecular formula is C54H54ClN7O4. The molecule has 336 valence electrons. The van der Waals surface area contributed by atoms with Crippen molar-refractivity contribution in [3.8, 4) is 5.75 Å². The zero-order chi connectivity index (χ0) is 45.6. The van der Waals surface area contributed by atoms with E-state index in [1.807, 2.05) is 122 Å². The first-order valence-electron chi connectivity index (χ1n) is 22.5. The fourth-order valence-electron chi connectivity index (χ4n) is 8.88. The molecule has 8 rings (SSSR count). The highest BCUT2D eigenvalue weighted by atomic mass is 35.5. The van der Waals surface area contributed by atoms with Crippen molar-refractivity contribution >= 4 is 23.5 Å². The van der Waals surface area contributed by atoms with E-state index in [-0.39, 0.29) is 24.7 Å². The van der Waals surface area contributed by atoms with Gasteiger partial charge in [-0.1, -0.05) is 85.5 Å². The summed E-state index contributed by atoms with van der Waals surface area (Å²) in [5, 5.41) is 10.3. The Bertz CT molecular complexity index is 2430. The standard InChI is InChI=1S/C54H54ClN7O4/c55-46-22-20-45(21-23-46)54(24-6-1-7-25-54)53(65)62(35-41-16-18-44(19-17-41)52(63)64)40-66-51-31-42(33-60(36-47-12-2-8-26-56-47)37-48-13-3-9-27-57-48)30-43(32-51)34-61(38-49-14-4-10-28-58-49)39-50-15-5-11-29-59-50/h2-5,8-23,26-32H,1,6-7,24-25,33-40H2,(H,63,64). The first kappa shape index (κ1) is 45.8. The molecule has 7 aromatic rings. The van der Waals surface area contributed by atoms with E-state index in [1.54, 1.807) is 29.2 Å². The number of carbonyl (C=O) groups excluding carboxylic acids is 1. The number of amides is 1. The summed E-state index contributed by atoms with van der Waals surface area (Å²) < 4.78 is 6.84. The van der Waals surface area contributed by atoms with Crippen molar-refractivity contribution in [2.45, 2.75) is 83.3 Å². The molecular weight excluding hydrogens is 846 g/mol. The highest BCUT2D eigenvalue weighted by molar-refractivity contribution is 6.30. The van der Waals surface area contributed by atoms with E-state index in [2.05, 4.69) is 47.9 Å². The predicted octanol–water partition coefficient (Wildman–Crippen LogP) is 10.3. The van der Waals surface area contributed by atoms with Crippen LogP contribution in [0.2, 0.25) is 5.02 Å². The molecule has 4 aromatic heterocycles. The summed E-state index contributed by atoms with van der Waals surface area (Å²) >= 11 is 6.37. The van der Waals surface area contributed by atoms with Gasteiger partial charge in [0.1, 0.15) is 5.75 Å². The number of carboxylic acid groups (broad SMARTS) is 1. The van der Waals surface area contributed by atoms with Crippen LogP contribution in [0.5, 0.6) is 5.75 Å². The second kappa shape index (κ2) is 22.4. The Hall–Kier alpha value is -6.79. The Morgan fingerprint density at radius 2 is 1.02 bits per heavy atom. The largest absolute Gasteiger partial charge is 0.478 e. The van der Waals surface area contributed by atoms with Gasteiger partial charge >= 0.3 is 5.97 Å². The van der Waals surface area contributed by atoms with Crippen LogP contribution >= 0.6 is 11.6 Å². The third-order valence-corrected chi connectivity index (χ3v) is 12.3.